The number of rotatable bonds is 5. The molecule has 1 aromatic carbocycles. The summed E-state index contributed by atoms with van der Waals surface area (Å²) in [5, 5.41) is 3.68. The Hall–Kier alpha value is -2.47. The third-order valence-corrected chi connectivity index (χ3v) is 7.58. The Morgan fingerprint density at radius 2 is 2.00 bits per heavy atom. The van der Waals surface area contributed by atoms with Crippen LogP contribution in [0.4, 0.5) is 5.69 Å². The summed E-state index contributed by atoms with van der Waals surface area (Å²) in [7, 11) is 0. The van der Waals surface area contributed by atoms with Crippen molar-refractivity contribution in [3.63, 3.8) is 0 Å². The zero-order valence-corrected chi connectivity index (χ0v) is 19.6. The van der Waals surface area contributed by atoms with Gasteiger partial charge in [-0.05, 0) is 60.3 Å². The number of nitrogens with zero attached hydrogens (tertiary/aromatic N) is 1. The van der Waals surface area contributed by atoms with Gasteiger partial charge >= 0.3 is 0 Å². The molecule has 2 aromatic heterocycles. The topological polar surface area (TPSA) is 74.8 Å². The fourth-order valence-electron chi connectivity index (χ4n) is 4.37. The quantitative estimate of drug-likeness (QED) is 0.571. The number of carbonyl (C=O) groups is 1. The minimum atomic E-state index is -0.0783. The van der Waals surface area contributed by atoms with Gasteiger partial charge in [0.05, 0.1) is 5.39 Å². The number of thiophene rings is 1. The van der Waals surface area contributed by atoms with Gasteiger partial charge in [-0.15, -0.1) is 11.3 Å². The van der Waals surface area contributed by atoms with E-state index in [4.69, 9.17) is 4.98 Å². The van der Waals surface area contributed by atoms with Gasteiger partial charge in [0, 0.05) is 23.4 Å². The normalized spacial score (nSPS) is 16.3. The molecule has 1 aliphatic carbocycles. The molecule has 1 atom stereocenters. The molecule has 0 saturated heterocycles. The van der Waals surface area contributed by atoms with Crippen molar-refractivity contribution in [2.75, 3.05) is 5.32 Å². The molecule has 0 radical (unpaired) electrons. The molecule has 1 amide bonds. The summed E-state index contributed by atoms with van der Waals surface area (Å²) in [4.78, 5) is 34.9. The van der Waals surface area contributed by atoms with E-state index >= 15 is 0 Å². The summed E-state index contributed by atoms with van der Waals surface area (Å²) in [5.74, 6) is 1.13. The SMILES string of the molecule is CCc1ccc(NC(=O)CCc2nc3sc4c(c3c(=O)[nH]2)CC[C@H](C(C)(C)C)C4)cc1. The molecule has 5 nitrogen and oxygen atoms in total. The van der Waals surface area contributed by atoms with Gasteiger partial charge in [-0.3, -0.25) is 9.59 Å². The number of carbonyl (C=O) groups excluding carboxylic acids is 1. The second kappa shape index (κ2) is 8.58. The van der Waals surface area contributed by atoms with E-state index in [1.807, 2.05) is 24.3 Å². The predicted octanol–water partition coefficient (Wildman–Crippen LogP) is 5.27. The fourth-order valence-corrected chi connectivity index (χ4v) is 5.68. The van der Waals surface area contributed by atoms with Crippen molar-refractivity contribution in [2.24, 2.45) is 11.3 Å². The van der Waals surface area contributed by atoms with Crippen LogP contribution in [-0.4, -0.2) is 15.9 Å². The number of anilines is 1. The first-order chi connectivity index (χ1) is 14.7. The molecule has 0 saturated carbocycles. The van der Waals surface area contributed by atoms with Gasteiger partial charge in [-0.2, -0.15) is 0 Å². The van der Waals surface area contributed by atoms with E-state index in [1.165, 1.54) is 16.0 Å². The molecule has 0 unspecified atom stereocenters. The van der Waals surface area contributed by atoms with Crippen molar-refractivity contribution in [1.29, 1.82) is 0 Å². The van der Waals surface area contributed by atoms with Crippen LogP contribution in [0.1, 0.15) is 62.4 Å². The van der Waals surface area contributed by atoms with E-state index in [2.05, 4.69) is 38.0 Å². The van der Waals surface area contributed by atoms with Crippen molar-refractivity contribution in [2.45, 2.75) is 66.2 Å². The van der Waals surface area contributed by atoms with Crippen LogP contribution in [0.5, 0.6) is 0 Å². The number of nitrogens with one attached hydrogen (secondary N) is 2. The second-order valence-corrected chi connectivity index (χ2v) is 10.7. The standard InChI is InChI=1S/C25H31N3O2S/c1-5-15-6-9-17(10-7-15)26-21(29)13-12-20-27-23(30)22-18-11-8-16(25(2,3)4)14-19(18)31-24(22)28-20/h6-7,9-10,16H,5,8,11-14H2,1-4H3,(H,26,29)(H,27,28,30)/t16-/m0/s1. The molecule has 0 fully saturated rings. The van der Waals surface area contributed by atoms with E-state index in [9.17, 15) is 9.59 Å². The van der Waals surface area contributed by atoms with Crippen molar-refractivity contribution in [3.05, 3.63) is 56.4 Å². The van der Waals surface area contributed by atoms with Gasteiger partial charge in [-0.25, -0.2) is 4.98 Å². The monoisotopic (exact) mass is 437 g/mol. The van der Waals surface area contributed by atoms with Crippen LogP contribution in [0, 0.1) is 11.3 Å². The first kappa shape index (κ1) is 21.8. The first-order valence-electron chi connectivity index (χ1n) is 11.2. The molecular formula is C25H31N3O2S. The summed E-state index contributed by atoms with van der Waals surface area (Å²) in [6, 6.07) is 7.88. The highest BCUT2D eigenvalue weighted by atomic mass is 32.1. The van der Waals surface area contributed by atoms with Crippen molar-refractivity contribution < 1.29 is 4.79 Å². The van der Waals surface area contributed by atoms with E-state index < -0.39 is 0 Å². The van der Waals surface area contributed by atoms with Crippen LogP contribution < -0.4 is 10.9 Å². The molecule has 3 aromatic rings. The van der Waals surface area contributed by atoms with E-state index in [0.717, 1.165) is 41.6 Å². The van der Waals surface area contributed by atoms with Crippen LogP contribution in [-0.2, 0) is 30.5 Å². The van der Waals surface area contributed by atoms with Gasteiger partial charge in [0.25, 0.3) is 5.56 Å². The summed E-state index contributed by atoms with van der Waals surface area (Å²) < 4.78 is 0. The smallest absolute Gasteiger partial charge is 0.259 e. The molecule has 2 N–H and O–H groups in total. The predicted molar refractivity (Wildman–Crippen MR) is 128 cm³/mol. The zero-order valence-electron chi connectivity index (χ0n) is 18.8. The molecule has 0 spiro atoms. The summed E-state index contributed by atoms with van der Waals surface area (Å²) in [5.41, 5.74) is 3.42. The van der Waals surface area contributed by atoms with E-state index in [-0.39, 0.29) is 23.3 Å². The Bertz CT molecular complexity index is 1150. The third kappa shape index (κ3) is 4.74. The second-order valence-electron chi connectivity index (χ2n) is 9.60. The highest BCUT2D eigenvalue weighted by molar-refractivity contribution is 7.18. The Labute approximate surface area is 187 Å². The Kier molecular flexibility index (Phi) is 6.02. The Balaban J connectivity index is 1.46. The number of hydrogen-bond donors (Lipinski definition) is 2. The van der Waals surface area contributed by atoms with E-state index in [0.29, 0.717) is 18.2 Å². The average molecular weight is 438 g/mol. The molecule has 1 aliphatic rings. The summed E-state index contributed by atoms with van der Waals surface area (Å²) in [6.45, 7) is 8.98. The van der Waals surface area contributed by atoms with Crippen LogP contribution in [0.25, 0.3) is 10.2 Å². The lowest BCUT2D eigenvalue weighted by atomic mass is 9.72. The first-order valence-corrected chi connectivity index (χ1v) is 12.0. The molecule has 0 bridgehead atoms. The number of aryl methyl sites for hydroxylation is 3. The highest BCUT2D eigenvalue weighted by Crippen LogP contribution is 2.41. The lowest BCUT2D eigenvalue weighted by Gasteiger charge is -2.33. The van der Waals surface area contributed by atoms with Crippen molar-refractivity contribution in [3.8, 4) is 0 Å². The van der Waals surface area contributed by atoms with Gasteiger partial charge in [0.2, 0.25) is 5.91 Å². The molecule has 31 heavy (non-hydrogen) atoms. The lowest BCUT2D eigenvalue weighted by Crippen LogP contribution is -2.26. The lowest BCUT2D eigenvalue weighted by molar-refractivity contribution is -0.116. The number of hydrogen-bond acceptors (Lipinski definition) is 4. The fraction of sp³-hybridized carbons (Fsp3) is 0.480. The summed E-state index contributed by atoms with van der Waals surface area (Å²) in [6.07, 6.45) is 4.74. The minimum absolute atomic E-state index is 0.0673. The van der Waals surface area contributed by atoms with Crippen LogP contribution in [0.15, 0.2) is 29.1 Å². The van der Waals surface area contributed by atoms with Crippen LogP contribution in [0.2, 0.25) is 0 Å². The van der Waals surface area contributed by atoms with Crippen LogP contribution in [0.3, 0.4) is 0 Å². The number of benzene rings is 1. The third-order valence-electron chi connectivity index (χ3n) is 6.43. The number of aromatic nitrogens is 2. The molecular weight excluding hydrogens is 406 g/mol. The largest absolute Gasteiger partial charge is 0.326 e. The van der Waals surface area contributed by atoms with Gasteiger partial charge < -0.3 is 10.3 Å². The average Bonchev–Trinajstić information content (AvgIpc) is 3.10. The molecule has 4 rings (SSSR count). The van der Waals surface area contributed by atoms with Crippen LogP contribution >= 0.6 is 11.3 Å². The van der Waals surface area contributed by atoms with Gasteiger partial charge in [0.1, 0.15) is 10.7 Å². The van der Waals surface area contributed by atoms with Gasteiger partial charge in [-0.1, -0.05) is 39.8 Å². The summed E-state index contributed by atoms with van der Waals surface area (Å²) >= 11 is 1.66. The number of fused-ring (bicyclic) bond motifs is 3. The highest BCUT2D eigenvalue weighted by Gasteiger charge is 2.31. The van der Waals surface area contributed by atoms with Gasteiger partial charge in [0.15, 0.2) is 0 Å². The zero-order chi connectivity index (χ0) is 22.2. The maximum Gasteiger partial charge on any atom is 0.259 e. The van der Waals surface area contributed by atoms with Crippen molar-refractivity contribution >= 4 is 33.1 Å². The number of aromatic amines is 1. The Morgan fingerprint density at radius 1 is 1.26 bits per heavy atom. The number of H-pyrrole nitrogens is 1. The molecule has 164 valence electrons. The molecule has 2 heterocycles. The maximum absolute atomic E-state index is 12.8. The Morgan fingerprint density at radius 3 is 2.68 bits per heavy atom. The van der Waals surface area contributed by atoms with Crippen molar-refractivity contribution in [1.82, 2.24) is 9.97 Å². The van der Waals surface area contributed by atoms with E-state index in [1.54, 1.807) is 11.3 Å². The number of amides is 1. The molecule has 6 heteroatoms. The minimum Gasteiger partial charge on any atom is -0.326 e. The molecule has 0 aliphatic heterocycles. The maximum atomic E-state index is 12.8.